The predicted molar refractivity (Wildman–Crippen MR) is 69.4 cm³/mol. The second-order valence-corrected chi connectivity index (χ2v) is 4.88. The van der Waals surface area contributed by atoms with Gasteiger partial charge in [0.05, 0.1) is 0 Å². The molecule has 1 saturated heterocycles. The highest BCUT2D eigenvalue weighted by atomic mass is 16.4. The summed E-state index contributed by atoms with van der Waals surface area (Å²) < 4.78 is 0. The van der Waals surface area contributed by atoms with Crippen molar-refractivity contribution in [2.24, 2.45) is 0 Å². The highest BCUT2D eigenvalue weighted by Gasteiger charge is 2.19. The van der Waals surface area contributed by atoms with Crippen molar-refractivity contribution in [3.63, 3.8) is 0 Å². The Morgan fingerprint density at radius 2 is 1.59 bits per heavy atom. The molecule has 4 nitrogen and oxygen atoms in total. The molecule has 0 unspecified atom stereocenters. The number of carbonyl (C=O) groups is 1. The van der Waals surface area contributed by atoms with Crippen molar-refractivity contribution in [2.75, 3.05) is 32.7 Å². The van der Waals surface area contributed by atoms with Crippen molar-refractivity contribution in [1.29, 1.82) is 0 Å². The van der Waals surface area contributed by atoms with Crippen LogP contribution in [0.25, 0.3) is 0 Å². The largest absolute Gasteiger partial charge is 0.465 e. The van der Waals surface area contributed by atoms with Gasteiger partial charge in [-0.2, -0.15) is 0 Å². The molecule has 0 aliphatic carbocycles. The van der Waals surface area contributed by atoms with Crippen LogP contribution in [0.15, 0.2) is 0 Å². The third-order valence-electron chi connectivity index (χ3n) is 3.47. The number of amides is 1. The highest BCUT2D eigenvalue weighted by molar-refractivity contribution is 5.65. The summed E-state index contributed by atoms with van der Waals surface area (Å²) in [7, 11) is 0. The van der Waals surface area contributed by atoms with E-state index in [1.54, 1.807) is 0 Å². The van der Waals surface area contributed by atoms with E-state index in [0.29, 0.717) is 13.1 Å². The molecule has 0 radical (unpaired) electrons. The number of rotatable bonds is 7. The van der Waals surface area contributed by atoms with Crippen LogP contribution in [0.3, 0.4) is 0 Å². The van der Waals surface area contributed by atoms with Gasteiger partial charge in [-0.1, -0.05) is 39.0 Å². The lowest BCUT2D eigenvalue weighted by Gasteiger charge is -2.33. The average Bonchev–Trinajstić information content (AvgIpc) is 2.34. The lowest BCUT2D eigenvalue weighted by molar-refractivity contribution is 0.105. The lowest BCUT2D eigenvalue weighted by Crippen LogP contribution is -2.48. The van der Waals surface area contributed by atoms with Crippen LogP contribution < -0.4 is 0 Å². The molecule has 100 valence electrons. The van der Waals surface area contributed by atoms with Crippen molar-refractivity contribution in [1.82, 2.24) is 9.80 Å². The van der Waals surface area contributed by atoms with Crippen molar-refractivity contribution in [2.45, 2.75) is 45.4 Å². The van der Waals surface area contributed by atoms with Crippen LogP contribution in [0, 0.1) is 0 Å². The number of piperazine rings is 1. The summed E-state index contributed by atoms with van der Waals surface area (Å²) in [5.74, 6) is 0. The maximum absolute atomic E-state index is 10.7. The van der Waals surface area contributed by atoms with Gasteiger partial charge in [0.1, 0.15) is 0 Å². The predicted octanol–water partition coefficient (Wildman–Crippen LogP) is 2.64. The van der Waals surface area contributed by atoms with Crippen LogP contribution in [0.2, 0.25) is 0 Å². The third kappa shape index (κ3) is 5.91. The summed E-state index contributed by atoms with van der Waals surface area (Å²) >= 11 is 0. The summed E-state index contributed by atoms with van der Waals surface area (Å²) in [6.07, 6.45) is 7.18. The molecule has 0 aromatic heterocycles. The van der Waals surface area contributed by atoms with Gasteiger partial charge in [0.15, 0.2) is 0 Å². The Morgan fingerprint density at radius 1 is 1.00 bits per heavy atom. The Balaban J connectivity index is 1.97. The maximum atomic E-state index is 10.7. The second-order valence-electron chi connectivity index (χ2n) is 4.88. The fraction of sp³-hybridized carbons (Fsp3) is 0.923. The van der Waals surface area contributed by atoms with Gasteiger partial charge in [0.2, 0.25) is 0 Å². The molecule has 0 spiro atoms. The van der Waals surface area contributed by atoms with Crippen molar-refractivity contribution < 1.29 is 9.90 Å². The molecule has 1 amide bonds. The molecule has 17 heavy (non-hydrogen) atoms. The molecular formula is C13H26N2O2. The van der Waals surface area contributed by atoms with Crippen molar-refractivity contribution >= 4 is 6.09 Å². The minimum atomic E-state index is -0.774. The van der Waals surface area contributed by atoms with Gasteiger partial charge in [-0.05, 0) is 13.0 Å². The summed E-state index contributed by atoms with van der Waals surface area (Å²) in [5.41, 5.74) is 0. The molecule has 0 aromatic carbocycles. The SMILES string of the molecule is CCCCCCCCN1CCN(C(=O)O)CC1. The first-order valence-electron chi connectivity index (χ1n) is 6.94. The zero-order valence-corrected chi connectivity index (χ0v) is 11.0. The molecular weight excluding hydrogens is 216 g/mol. The summed E-state index contributed by atoms with van der Waals surface area (Å²) in [6.45, 7) is 6.53. The molecule has 4 heteroatoms. The molecule has 1 N–H and O–H groups in total. The number of carboxylic acid groups (broad SMARTS) is 1. The van der Waals surface area contributed by atoms with Crippen LogP contribution in [-0.4, -0.2) is 53.7 Å². The number of nitrogens with zero attached hydrogens (tertiary/aromatic N) is 2. The van der Waals surface area contributed by atoms with Gasteiger partial charge < -0.3 is 10.0 Å². The van der Waals surface area contributed by atoms with E-state index in [1.165, 1.54) is 43.4 Å². The Labute approximate surface area is 105 Å². The van der Waals surface area contributed by atoms with Crippen LogP contribution in [0.1, 0.15) is 45.4 Å². The zero-order valence-electron chi connectivity index (χ0n) is 11.0. The summed E-state index contributed by atoms with van der Waals surface area (Å²) in [6, 6.07) is 0. The van der Waals surface area contributed by atoms with Crippen LogP contribution in [-0.2, 0) is 0 Å². The fourth-order valence-corrected chi connectivity index (χ4v) is 2.28. The van der Waals surface area contributed by atoms with Crippen LogP contribution in [0.4, 0.5) is 4.79 Å². The number of hydrogen-bond donors (Lipinski definition) is 1. The molecule has 0 bridgehead atoms. The summed E-state index contributed by atoms with van der Waals surface area (Å²) in [4.78, 5) is 14.6. The molecule has 0 aromatic rings. The first-order chi connectivity index (χ1) is 8.24. The Kier molecular flexibility index (Phi) is 7.01. The van der Waals surface area contributed by atoms with E-state index in [9.17, 15) is 4.79 Å². The van der Waals surface area contributed by atoms with E-state index >= 15 is 0 Å². The zero-order chi connectivity index (χ0) is 12.5. The van der Waals surface area contributed by atoms with E-state index in [2.05, 4.69) is 11.8 Å². The fourth-order valence-electron chi connectivity index (χ4n) is 2.28. The highest BCUT2D eigenvalue weighted by Crippen LogP contribution is 2.08. The molecule has 0 atom stereocenters. The lowest BCUT2D eigenvalue weighted by atomic mass is 10.1. The first-order valence-corrected chi connectivity index (χ1v) is 6.94. The molecule has 1 heterocycles. The minimum Gasteiger partial charge on any atom is -0.465 e. The minimum absolute atomic E-state index is 0.672. The Bertz CT molecular complexity index is 213. The second kappa shape index (κ2) is 8.34. The average molecular weight is 242 g/mol. The molecule has 1 rings (SSSR count). The summed E-state index contributed by atoms with van der Waals surface area (Å²) in [5, 5.41) is 8.83. The molecule has 1 fully saturated rings. The van der Waals surface area contributed by atoms with Gasteiger partial charge in [-0.15, -0.1) is 0 Å². The van der Waals surface area contributed by atoms with Gasteiger partial charge >= 0.3 is 6.09 Å². The van der Waals surface area contributed by atoms with E-state index in [-0.39, 0.29) is 0 Å². The van der Waals surface area contributed by atoms with Gasteiger partial charge in [-0.25, -0.2) is 4.79 Å². The molecule has 1 aliphatic rings. The van der Waals surface area contributed by atoms with Gasteiger partial charge in [0.25, 0.3) is 0 Å². The standard InChI is InChI=1S/C13H26N2O2/c1-2-3-4-5-6-7-8-14-9-11-15(12-10-14)13(16)17/h2-12H2,1H3,(H,16,17). The van der Waals surface area contributed by atoms with Crippen molar-refractivity contribution in [3.05, 3.63) is 0 Å². The van der Waals surface area contributed by atoms with Crippen LogP contribution >= 0.6 is 0 Å². The Morgan fingerprint density at radius 3 is 2.18 bits per heavy atom. The smallest absolute Gasteiger partial charge is 0.407 e. The van der Waals surface area contributed by atoms with Gasteiger partial charge in [0, 0.05) is 26.2 Å². The normalized spacial score (nSPS) is 17.4. The van der Waals surface area contributed by atoms with E-state index in [0.717, 1.165) is 19.6 Å². The van der Waals surface area contributed by atoms with E-state index < -0.39 is 6.09 Å². The topological polar surface area (TPSA) is 43.8 Å². The van der Waals surface area contributed by atoms with E-state index in [4.69, 9.17) is 5.11 Å². The Hall–Kier alpha value is -0.770. The number of hydrogen-bond acceptors (Lipinski definition) is 2. The number of unbranched alkanes of at least 4 members (excludes halogenated alkanes) is 5. The maximum Gasteiger partial charge on any atom is 0.407 e. The molecule has 0 saturated carbocycles. The quantitative estimate of drug-likeness (QED) is 0.698. The third-order valence-corrected chi connectivity index (χ3v) is 3.47. The monoisotopic (exact) mass is 242 g/mol. The molecule has 1 aliphatic heterocycles. The first kappa shape index (κ1) is 14.3. The van der Waals surface area contributed by atoms with Crippen molar-refractivity contribution in [3.8, 4) is 0 Å². The van der Waals surface area contributed by atoms with E-state index in [1.807, 2.05) is 0 Å². The van der Waals surface area contributed by atoms with Gasteiger partial charge in [-0.3, -0.25) is 4.90 Å². The van der Waals surface area contributed by atoms with Crippen LogP contribution in [0.5, 0.6) is 0 Å².